The Morgan fingerprint density at radius 2 is 1.35 bits per heavy atom. The molecule has 0 spiro atoms. The largest absolute Gasteiger partial charge is 0.374 e. The van der Waals surface area contributed by atoms with Gasteiger partial charge in [-0.1, -0.05) is 136 Å². The van der Waals surface area contributed by atoms with Gasteiger partial charge >= 0.3 is 6.85 Å². The van der Waals surface area contributed by atoms with E-state index in [1.165, 1.54) is 113 Å². The Morgan fingerprint density at radius 3 is 2.16 bits per heavy atom. The fraction of sp³-hybridized carbons (Fsp3) is 0.120. The van der Waals surface area contributed by atoms with Gasteiger partial charge in [-0.15, -0.1) is 22.7 Å². The van der Waals surface area contributed by atoms with Crippen molar-refractivity contribution in [1.29, 1.82) is 0 Å². The molecule has 0 bridgehead atoms. The summed E-state index contributed by atoms with van der Waals surface area (Å²) in [5.41, 5.74) is 17.5. The topological polar surface area (TPSA) is 8.17 Å². The van der Waals surface area contributed by atoms with Gasteiger partial charge in [0.25, 0.3) is 0 Å². The molecule has 2 nitrogen and oxygen atoms in total. The minimum atomic E-state index is 0.0321. The highest BCUT2D eigenvalue weighted by Gasteiger charge is 2.44. The Labute approximate surface area is 329 Å². The summed E-state index contributed by atoms with van der Waals surface area (Å²) < 4.78 is 8.16. The van der Waals surface area contributed by atoms with Crippen molar-refractivity contribution in [3.63, 3.8) is 0 Å². The molecule has 0 atom stereocenters. The van der Waals surface area contributed by atoms with Crippen LogP contribution in [0.15, 0.2) is 140 Å². The van der Waals surface area contributed by atoms with Crippen LogP contribution >= 0.6 is 22.7 Å². The van der Waals surface area contributed by atoms with Crippen LogP contribution in [0, 0.1) is 6.92 Å². The van der Waals surface area contributed by atoms with Crippen molar-refractivity contribution in [2.75, 3.05) is 4.90 Å². The number of anilines is 2. The molecule has 0 fully saturated rings. The van der Waals surface area contributed by atoms with Crippen LogP contribution in [-0.2, 0) is 12.0 Å². The number of thiophene rings is 2. The quantitative estimate of drug-likeness (QED) is 0.164. The van der Waals surface area contributed by atoms with Crippen molar-refractivity contribution >= 4 is 103 Å². The van der Waals surface area contributed by atoms with Crippen LogP contribution in [0.1, 0.15) is 37.5 Å². The maximum atomic E-state index is 2.74. The molecule has 2 aliphatic rings. The van der Waals surface area contributed by atoms with E-state index in [0.29, 0.717) is 0 Å². The summed E-state index contributed by atoms with van der Waals surface area (Å²) in [5, 5.41) is 5.42. The van der Waals surface area contributed by atoms with Crippen LogP contribution in [0.3, 0.4) is 0 Å². The molecular formula is C50H37BN2S2. The SMILES string of the molecule is Cc1cc2c3c(c1)N(Cc1ccc(C(C)(C)C)cc1-c1ccccc1)c1c(ccc4sc5ccccc5c14)B3n1c3c-2cccc3c2sc3ccccc3c21. The number of rotatable bonds is 3. The molecule has 0 unspecified atom stereocenters. The standard InChI is InChI=1S/C50H37BN2S2/c1-29-25-38-33-17-12-18-36-46(33)53(47-35-16-9-11-20-42(35)55-49(36)47)51-39-23-24-43-44(34-15-8-10-19-41(34)54-43)48(39)52(40(26-29)45(38)51)28-31-21-22-32(50(2,3)4)27-37(31)30-13-6-5-7-14-30/h5-27H,28H2,1-4H3. The van der Waals surface area contributed by atoms with E-state index in [1.807, 2.05) is 22.7 Å². The summed E-state index contributed by atoms with van der Waals surface area (Å²) in [6.45, 7) is 10.0. The molecule has 0 amide bonds. The highest BCUT2D eigenvalue weighted by molar-refractivity contribution is 7.27. The van der Waals surface area contributed by atoms with E-state index in [-0.39, 0.29) is 12.3 Å². The van der Waals surface area contributed by atoms with Gasteiger partial charge in [0, 0.05) is 64.6 Å². The third kappa shape index (κ3) is 4.37. The number of aryl methyl sites for hydroxylation is 1. The second-order valence-corrected chi connectivity index (χ2v) is 18.7. The van der Waals surface area contributed by atoms with Crippen LogP contribution in [-0.4, -0.2) is 11.3 Å². The van der Waals surface area contributed by atoms with Gasteiger partial charge in [0.1, 0.15) is 0 Å². The highest BCUT2D eigenvalue weighted by atomic mass is 32.1. The molecule has 0 saturated carbocycles. The fourth-order valence-electron chi connectivity index (χ4n) is 9.81. The molecule has 2 aliphatic heterocycles. The minimum absolute atomic E-state index is 0.0321. The zero-order valence-corrected chi connectivity index (χ0v) is 32.9. The van der Waals surface area contributed by atoms with Crippen molar-refractivity contribution in [1.82, 2.24) is 4.48 Å². The summed E-state index contributed by atoms with van der Waals surface area (Å²) in [7, 11) is 0. The smallest absolute Gasteiger partial charge is 0.333 e. The fourth-order valence-corrected chi connectivity index (χ4v) is 12.1. The summed E-state index contributed by atoms with van der Waals surface area (Å²) in [6, 6.07) is 53.1. The van der Waals surface area contributed by atoms with Gasteiger partial charge in [-0.25, -0.2) is 0 Å². The van der Waals surface area contributed by atoms with Gasteiger partial charge in [0.2, 0.25) is 0 Å². The predicted octanol–water partition coefficient (Wildman–Crippen LogP) is 12.9. The summed E-state index contributed by atoms with van der Waals surface area (Å²) in [6.07, 6.45) is 0. The first kappa shape index (κ1) is 31.7. The van der Waals surface area contributed by atoms with Gasteiger partial charge in [-0.3, -0.25) is 0 Å². The molecule has 5 heterocycles. The van der Waals surface area contributed by atoms with Crippen LogP contribution in [0.4, 0.5) is 11.4 Å². The Bertz CT molecular complexity index is 3250. The Balaban J connectivity index is 1.21. The second-order valence-electron chi connectivity index (χ2n) is 16.5. The number of aromatic nitrogens is 1. The van der Waals surface area contributed by atoms with Crippen LogP contribution in [0.5, 0.6) is 0 Å². The maximum Gasteiger partial charge on any atom is 0.333 e. The molecule has 12 rings (SSSR count). The molecule has 10 aromatic rings. The molecule has 0 aliphatic carbocycles. The zero-order chi connectivity index (χ0) is 36.7. The zero-order valence-electron chi connectivity index (χ0n) is 31.3. The molecule has 3 aromatic heterocycles. The number of fused-ring (bicyclic) bond motifs is 13. The molecule has 55 heavy (non-hydrogen) atoms. The van der Waals surface area contributed by atoms with E-state index in [0.717, 1.165) is 6.54 Å². The first-order chi connectivity index (χ1) is 26.8. The lowest BCUT2D eigenvalue weighted by molar-refractivity contribution is 0.590. The van der Waals surface area contributed by atoms with Crippen LogP contribution in [0.2, 0.25) is 0 Å². The predicted molar refractivity (Wildman–Crippen MR) is 241 cm³/mol. The summed E-state index contributed by atoms with van der Waals surface area (Å²) >= 11 is 3.86. The Hall–Kier alpha value is -5.62. The van der Waals surface area contributed by atoms with E-state index in [9.17, 15) is 0 Å². The number of hydrogen-bond acceptors (Lipinski definition) is 3. The molecule has 0 saturated heterocycles. The van der Waals surface area contributed by atoms with Crippen molar-refractivity contribution in [2.45, 2.75) is 39.7 Å². The van der Waals surface area contributed by atoms with E-state index < -0.39 is 0 Å². The van der Waals surface area contributed by atoms with Crippen molar-refractivity contribution in [2.24, 2.45) is 0 Å². The number of nitrogens with zero attached hydrogens (tertiary/aromatic N) is 2. The first-order valence-corrected chi connectivity index (χ1v) is 21.0. The van der Waals surface area contributed by atoms with Crippen LogP contribution < -0.4 is 15.8 Å². The van der Waals surface area contributed by atoms with E-state index in [1.54, 1.807) is 0 Å². The van der Waals surface area contributed by atoms with Gasteiger partial charge in [0.15, 0.2) is 0 Å². The molecule has 5 heteroatoms. The van der Waals surface area contributed by atoms with E-state index in [4.69, 9.17) is 0 Å². The lowest BCUT2D eigenvalue weighted by Gasteiger charge is -2.41. The highest BCUT2D eigenvalue weighted by Crippen LogP contribution is 2.50. The van der Waals surface area contributed by atoms with E-state index >= 15 is 0 Å². The molecule has 0 radical (unpaired) electrons. The Kier molecular flexibility index (Phi) is 6.47. The van der Waals surface area contributed by atoms with Crippen molar-refractivity contribution in [3.05, 3.63) is 156 Å². The van der Waals surface area contributed by atoms with E-state index in [2.05, 4.69) is 177 Å². The number of hydrogen-bond donors (Lipinski definition) is 0. The normalized spacial score (nSPS) is 13.5. The first-order valence-electron chi connectivity index (χ1n) is 19.3. The summed E-state index contributed by atoms with van der Waals surface area (Å²) in [5.74, 6) is 0. The lowest BCUT2D eigenvalue weighted by atomic mass is 9.45. The third-order valence-corrected chi connectivity index (χ3v) is 14.6. The molecular weight excluding hydrogens is 704 g/mol. The van der Waals surface area contributed by atoms with Gasteiger partial charge in [0.05, 0.1) is 10.2 Å². The summed E-state index contributed by atoms with van der Waals surface area (Å²) in [4.78, 5) is 2.70. The van der Waals surface area contributed by atoms with Crippen molar-refractivity contribution < 1.29 is 0 Å². The third-order valence-electron chi connectivity index (χ3n) is 12.2. The number of benzene rings is 7. The van der Waals surface area contributed by atoms with Gasteiger partial charge in [-0.05, 0) is 80.9 Å². The average Bonchev–Trinajstić information content (AvgIpc) is 3.87. The second kappa shape index (κ2) is 11.2. The maximum absolute atomic E-state index is 2.74. The molecule has 7 aromatic carbocycles. The van der Waals surface area contributed by atoms with Gasteiger partial charge in [-0.2, -0.15) is 0 Å². The molecule has 0 N–H and O–H groups in total. The van der Waals surface area contributed by atoms with Gasteiger partial charge < -0.3 is 9.38 Å². The van der Waals surface area contributed by atoms with Crippen LogP contribution in [0.25, 0.3) is 73.6 Å². The average molecular weight is 741 g/mol. The van der Waals surface area contributed by atoms with Crippen molar-refractivity contribution in [3.8, 4) is 22.3 Å². The minimum Gasteiger partial charge on any atom is -0.374 e. The number of para-hydroxylation sites is 1. The Morgan fingerprint density at radius 1 is 0.600 bits per heavy atom. The molecule has 262 valence electrons. The monoisotopic (exact) mass is 740 g/mol. The lowest BCUT2D eigenvalue weighted by Crippen LogP contribution is -2.57.